The molecule has 4 aromatic rings. The minimum atomic E-state index is -4.93. The molecule has 0 atom stereocenters. The van der Waals surface area contributed by atoms with Gasteiger partial charge < -0.3 is 15.7 Å². The van der Waals surface area contributed by atoms with Crippen LogP contribution in [0.5, 0.6) is 5.75 Å². The molecule has 13 heteroatoms. The number of anilines is 1. The summed E-state index contributed by atoms with van der Waals surface area (Å²) in [5.74, 6) is -2.72. The van der Waals surface area contributed by atoms with Gasteiger partial charge >= 0.3 is 6.18 Å². The highest BCUT2D eigenvalue weighted by Crippen LogP contribution is 2.37. The molecule has 2 heterocycles. The second-order valence-corrected chi connectivity index (χ2v) is 8.37. The van der Waals surface area contributed by atoms with Crippen LogP contribution in [0.25, 0.3) is 10.9 Å². The Labute approximate surface area is 211 Å². The van der Waals surface area contributed by atoms with Crippen LogP contribution in [-0.2, 0) is 12.7 Å². The molecule has 0 aliphatic heterocycles. The lowest BCUT2D eigenvalue weighted by molar-refractivity contribution is -0.140. The zero-order chi connectivity index (χ0) is 27.1. The third-order valence-corrected chi connectivity index (χ3v) is 5.87. The summed E-state index contributed by atoms with van der Waals surface area (Å²) in [6, 6.07) is 9.15. The number of aromatic hydroxyl groups is 1. The van der Waals surface area contributed by atoms with Gasteiger partial charge in [-0.2, -0.15) is 18.3 Å². The molecule has 0 radical (unpaired) electrons. The van der Waals surface area contributed by atoms with E-state index in [-0.39, 0.29) is 45.2 Å². The number of pyridine rings is 1. The highest BCUT2D eigenvalue weighted by molar-refractivity contribution is 6.31. The third-order valence-electron chi connectivity index (χ3n) is 5.58. The van der Waals surface area contributed by atoms with Crippen molar-refractivity contribution in [2.75, 3.05) is 12.4 Å². The molecule has 0 unspecified atom stereocenters. The summed E-state index contributed by atoms with van der Waals surface area (Å²) in [5.41, 5.74) is -2.33. The first-order valence-electron chi connectivity index (χ1n) is 10.7. The van der Waals surface area contributed by atoms with E-state index in [1.165, 1.54) is 26.1 Å². The van der Waals surface area contributed by atoms with E-state index in [0.29, 0.717) is 5.56 Å². The first kappa shape index (κ1) is 25.9. The standard InChI is InChI=1S/C24H18ClF4N5O3/c1-11-20(21(24(27,28)29)33-34(11)10-12-5-3-4-6-19(12)35)32-22(36)14-8-18(23(37)30-2)31-17-9-16(26)15(25)7-13(14)17/h3-9,35H,10H2,1-2H3,(H,30,37)(H,32,36). The molecule has 3 N–H and O–H groups in total. The van der Waals surface area contributed by atoms with Gasteiger partial charge in [0, 0.05) is 24.1 Å². The molecule has 0 aliphatic rings. The van der Waals surface area contributed by atoms with Crippen molar-refractivity contribution in [2.45, 2.75) is 19.6 Å². The van der Waals surface area contributed by atoms with Gasteiger partial charge in [-0.1, -0.05) is 29.8 Å². The van der Waals surface area contributed by atoms with Crippen LogP contribution >= 0.6 is 11.6 Å². The van der Waals surface area contributed by atoms with Crippen molar-refractivity contribution in [1.82, 2.24) is 20.1 Å². The Bertz CT molecular complexity index is 1550. The zero-order valence-corrected chi connectivity index (χ0v) is 20.0. The van der Waals surface area contributed by atoms with Crippen LogP contribution in [0.1, 0.15) is 37.8 Å². The Morgan fingerprint density at radius 2 is 1.84 bits per heavy atom. The van der Waals surface area contributed by atoms with Crippen molar-refractivity contribution in [3.8, 4) is 5.75 Å². The highest BCUT2D eigenvalue weighted by atomic mass is 35.5. The van der Waals surface area contributed by atoms with E-state index >= 15 is 0 Å². The average molecular weight is 536 g/mol. The molecule has 0 bridgehead atoms. The number of halogens is 5. The summed E-state index contributed by atoms with van der Waals surface area (Å²) >= 11 is 5.86. The van der Waals surface area contributed by atoms with Crippen LogP contribution in [0.3, 0.4) is 0 Å². The van der Waals surface area contributed by atoms with Gasteiger partial charge in [0.15, 0.2) is 5.69 Å². The lowest BCUT2D eigenvalue weighted by atomic mass is 10.1. The van der Waals surface area contributed by atoms with E-state index in [1.807, 2.05) is 0 Å². The number of alkyl halides is 3. The molecule has 0 spiro atoms. The number of fused-ring (bicyclic) bond motifs is 1. The minimum Gasteiger partial charge on any atom is -0.508 e. The topological polar surface area (TPSA) is 109 Å². The SMILES string of the molecule is CNC(=O)c1cc(C(=O)Nc2c(C(F)(F)F)nn(Cc3ccccc3O)c2C)c2cc(Cl)c(F)cc2n1. The molecular weight excluding hydrogens is 518 g/mol. The van der Waals surface area contributed by atoms with Gasteiger partial charge in [0.05, 0.1) is 34.0 Å². The van der Waals surface area contributed by atoms with E-state index in [9.17, 15) is 32.3 Å². The molecule has 2 aromatic carbocycles. The molecule has 0 fully saturated rings. The van der Waals surface area contributed by atoms with E-state index in [0.717, 1.165) is 22.9 Å². The number of hydrogen-bond acceptors (Lipinski definition) is 5. The number of phenols is 1. The molecule has 2 aromatic heterocycles. The summed E-state index contributed by atoms with van der Waals surface area (Å²) in [7, 11) is 1.31. The molecule has 37 heavy (non-hydrogen) atoms. The Morgan fingerprint density at radius 3 is 2.49 bits per heavy atom. The number of aromatic nitrogens is 3. The van der Waals surface area contributed by atoms with Gasteiger partial charge in [-0.25, -0.2) is 9.37 Å². The molecule has 0 saturated heterocycles. The van der Waals surface area contributed by atoms with Gasteiger partial charge in [-0.3, -0.25) is 14.3 Å². The third kappa shape index (κ3) is 5.05. The number of phenolic OH excluding ortho intramolecular Hbond substituents is 1. The molecule has 0 saturated carbocycles. The second kappa shape index (κ2) is 9.69. The maximum absolute atomic E-state index is 14.1. The van der Waals surface area contributed by atoms with Crippen molar-refractivity contribution in [2.24, 2.45) is 0 Å². The zero-order valence-electron chi connectivity index (χ0n) is 19.2. The van der Waals surface area contributed by atoms with E-state index < -0.39 is 35.2 Å². The van der Waals surface area contributed by atoms with Crippen LogP contribution in [-0.4, -0.2) is 38.7 Å². The Balaban J connectivity index is 1.82. The fourth-order valence-corrected chi connectivity index (χ4v) is 3.85. The first-order chi connectivity index (χ1) is 17.4. The number of amides is 2. The number of carbonyl (C=O) groups is 2. The number of hydrogen-bond donors (Lipinski definition) is 3. The minimum absolute atomic E-state index is 0.0179. The van der Waals surface area contributed by atoms with Gasteiger partial charge in [0.25, 0.3) is 11.8 Å². The fraction of sp³-hybridized carbons (Fsp3) is 0.167. The Hall–Kier alpha value is -4.19. The number of para-hydroxylation sites is 1. The van der Waals surface area contributed by atoms with Crippen LogP contribution in [0, 0.1) is 12.7 Å². The predicted octanol–water partition coefficient (Wildman–Crippen LogP) is 4.92. The van der Waals surface area contributed by atoms with Crippen LogP contribution in [0.4, 0.5) is 23.2 Å². The predicted molar refractivity (Wildman–Crippen MR) is 127 cm³/mol. The normalized spacial score (nSPS) is 11.5. The molecule has 2 amide bonds. The molecular formula is C24H18ClF4N5O3. The second-order valence-electron chi connectivity index (χ2n) is 7.96. The molecule has 4 rings (SSSR count). The first-order valence-corrected chi connectivity index (χ1v) is 11.0. The Morgan fingerprint density at radius 1 is 1.14 bits per heavy atom. The number of carbonyl (C=O) groups excluding carboxylic acids is 2. The number of rotatable bonds is 5. The van der Waals surface area contributed by atoms with E-state index in [2.05, 4.69) is 20.7 Å². The summed E-state index contributed by atoms with van der Waals surface area (Å²) in [6.07, 6.45) is -4.93. The average Bonchev–Trinajstić information content (AvgIpc) is 3.15. The van der Waals surface area contributed by atoms with Crippen LogP contribution < -0.4 is 10.6 Å². The lowest BCUT2D eigenvalue weighted by Crippen LogP contribution is -2.22. The van der Waals surface area contributed by atoms with Crippen LogP contribution in [0.2, 0.25) is 5.02 Å². The van der Waals surface area contributed by atoms with E-state index in [4.69, 9.17) is 11.6 Å². The van der Waals surface area contributed by atoms with Crippen molar-refractivity contribution in [3.05, 3.63) is 81.5 Å². The summed E-state index contributed by atoms with van der Waals surface area (Å²) < 4.78 is 56.7. The number of nitrogens with zero attached hydrogens (tertiary/aromatic N) is 3. The largest absolute Gasteiger partial charge is 0.508 e. The number of benzene rings is 2. The maximum Gasteiger partial charge on any atom is 0.437 e. The van der Waals surface area contributed by atoms with Crippen molar-refractivity contribution < 1.29 is 32.3 Å². The van der Waals surface area contributed by atoms with Crippen molar-refractivity contribution in [1.29, 1.82) is 0 Å². The highest BCUT2D eigenvalue weighted by Gasteiger charge is 2.39. The monoisotopic (exact) mass is 535 g/mol. The van der Waals surface area contributed by atoms with Gasteiger partial charge in [0.1, 0.15) is 17.3 Å². The summed E-state index contributed by atoms with van der Waals surface area (Å²) in [5, 5.41) is 17.9. The molecule has 0 aliphatic carbocycles. The van der Waals surface area contributed by atoms with Crippen molar-refractivity contribution >= 4 is 40.0 Å². The maximum atomic E-state index is 14.1. The quantitative estimate of drug-likeness (QED) is 0.314. The lowest BCUT2D eigenvalue weighted by Gasteiger charge is -2.12. The Kier molecular flexibility index (Phi) is 6.78. The van der Waals surface area contributed by atoms with E-state index in [1.54, 1.807) is 12.1 Å². The van der Waals surface area contributed by atoms with Crippen LogP contribution in [0.15, 0.2) is 42.5 Å². The van der Waals surface area contributed by atoms with Gasteiger partial charge in [-0.05, 0) is 25.1 Å². The summed E-state index contributed by atoms with van der Waals surface area (Å²) in [4.78, 5) is 29.5. The molecule has 192 valence electrons. The van der Waals surface area contributed by atoms with Crippen molar-refractivity contribution in [3.63, 3.8) is 0 Å². The smallest absolute Gasteiger partial charge is 0.437 e. The van der Waals surface area contributed by atoms with Gasteiger partial charge in [0.2, 0.25) is 0 Å². The molecule has 8 nitrogen and oxygen atoms in total. The summed E-state index contributed by atoms with van der Waals surface area (Å²) in [6.45, 7) is 1.12. The fourth-order valence-electron chi connectivity index (χ4n) is 3.69. The number of nitrogens with one attached hydrogen (secondary N) is 2. The van der Waals surface area contributed by atoms with Gasteiger partial charge in [-0.15, -0.1) is 0 Å².